The van der Waals surface area contributed by atoms with Gasteiger partial charge in [0.25, 0.3) is 0 Å². The van der Waals surface area contributed by atoms with Crippen LogP contribution in [0.3, 0.4) is 0 Å². The van der Waals surface area contributed by atoms with Gasteiger partial charge in [-0.15, -0.1) is 0 Å². The van der Waals surface area contributed by atoms with E-state index in [9.17, 15) is 5.11 Å². The van der Waals surface area contributed by atoms with Gasteiger partial charge in [-0.05, 0) is 30.9 Å². The summed E-state index contributed by atoms with van der Waals surface area (Å²) in [6.07, 6.45) is 5.68. The molecule has 102 valence electrons. The van der Waals surface area contributed by atoms with Gasteiger partial charge in [0.1, 0.15) is 0 Å². The fourth-order valence-electron chi connectivity index (χ4n) is 2.51. The Labute approximate surface area is 120 Å². The van der Waals surface area contributed by atoms with Gasteiger partial charge in [0, 0.05) is 4.47 Å². The molecule has 0 aromatic heterocycles. The van der Waals surface area contributed by atoms with Crippen molar-refractivity contribution in [3.8, 4) is 0 Å². The van der Waals surface area contributed by atoms with E-state index in [1.165, 1.54) is 19.3 Å². The fourth-order valence-corrected chi connectivity index (χ4v) is 3.23. The maximum atomic E-state index is 10.7. The molecule has 0 aliphatic rings. The first-order chi connectivity index (χ1) is 8.51. The third-order valence-electron chi connectivity index (χ3n) is 3.68. The summed E-state index contributed by atoms with van der Waals surface area (Å²) in [7, 11) is 0. The number of benzene rings is 1. The Morgan fingerprint density at radius 3 is 2.50 bits per heavy atom. The fraction of sp³-hybridized carbons (Fsp3) is 0.625. The predicted octanol–water partition coefficient (Wildman–Crippen LogP) is 5.26. The highest BCUT2D eigenvalue weighted by atomic mass is 79.9. The Morgan fingerprint density at radius 2 is 1.94 bits per heavy atom. The molecule has 1 rings (SSSR count). The maximum absolute atomic E-state index is 10.7. The average molecular weight is 313 g/mol. The lowest BCUT2D eigenvalue weighted by molar-refractivity contribution is 0.0268. The van der Waals surface area contributed by atoms with E-state index in [4.69, 9.17) is 0 Å². The molecule has 0 fully saturated rings. The molecule has 2 atom stereocenters. The molecular weight excluding hydrogens is 288 g/mol. The number of rotatable bonds is 7. The van der Waals surface area contributed by atoms with Crippen molar-refractivity contribution in [2.24, 2.45) is 5.92 Å². The molecule has 1 aromatic carbocycles. The van der Waals surface area contributed by atoms with Crippen LogP contribution in [0.2, 0.25) is 0 Å². The molecule has 0 amide bonds. The molecule has 1 aromatic rings. The summed E-state index contributed by atoms with van der Waals surface area (Å²) in [5, 5.41) is 10.7. The minimum absolute atomic E-state index is 0.604. The average Bonchev–Trinajstić information content (AvgIpc) is 2.34. The van der Waals surface area contributed by atoms with Gasteiger partial charge in [0.15, 0.2) is 0 Å². The van der Waals surface area contributed by atoms with E-state index in [1.807, 2.05) is 31.2 Å². The Balaban J connectivity index is 2.76. The molecule has 0 bridgehead atoms. The first-order valence-corrected chi connectivity index (χ1v) is 7.78. The van der Waals surface area contributed by atoms with E-state index in [2.05, 4.69) is 29.8 Å². The summed E-state index contributed by atoms with van der Waals surface area (Å²) in [6, 6.07) is 7.98. The monoisotopic (exact) mass is 312 g/mol. The van der Waals surface area contributed by atoms with Crippen LogP contribution in [0.25, 0.3) is 0 Å². The van der Waals surface area contributed by atoms with Crippen molar-refractivity contribution in [3.63, 3.8) is 0 Å². The van der Waals surface area contributed by atoms with Crippen LogP contribution < -0.4 is 0 Å². The second kappa shape index (κ2) is 7.30. The zero-order valence-electron chi connectivity index (χ0n) is 11.7. The standard InChI is InChI=1S/C16H25BrO/c1-4-6-9-13(5-2)12-16(3,18)14-10-7-8-11-15(14)17/h7-8,10-11,13,18H,4-6,9,12H2,1-3H3. The first-order valence-electron chi connectivity index (χ1n) is 6.98. The van der Waals surface area contributed by atoms with Crippen LogP contribution >= 0.6 is 15.9 Å². The summed E-state index contributed by atoms with van der Waals surface area (Å²) in [6.45, 7) is 6.37. The molecule has 0 radical (unpaired) electrons. The Kier molecular flexibility index (Phi) is 6.37. The van der Waals surface area contributed by atoms with Gasteiger partial charge < -0.3 is 5.11 Å². The molecule has 1 nitrogen and oxygen atoms in total. The molecule has 2 unspecified atom stereocenters. The smallest absolute Gasteiger partial charge is 0.0882 e. The molecule has 18 heavy (non-hydrogen) atoms. The van der Waals surface area contributed by atoms with Crippen molar-refractivity contribution in [2.75, 3.05) is 0 Å². The van der Waals surface area contributed by atoms with Crippen LogP contribution in [-0.2, 0) is 5.60 Å². The van der Waals surface area contributed by atoms with Crippen LogP contribution in [0, 0.1) is 5.92 Å². The lowest BCUT2D eigenvalue weighted by Gasteiger charge is -2.29. The Bertz CT molecular complexity index is 360. The molecule has 0 spiro atoms. The highest BCUT2D eigenvalue weighted by Gasteiger charge is 2.28. The molecule has 2 heteroatoms. The molecular formula is C16H25BrO. The minimum atomic E-state index is -0.742. The van der Waals surface area contributed by atoms with Crippen LogP contribution in [0.5, 0.6) is 0 Å². The van der Waals surface area contributed by atoms with E-state index in [1.54, 1.807) is 0 Å². The molecule has 1 N–H and O–H groups in total. The SMILES string of the molecule is CCCCC(CC)CC(C)(O)c1ccccc1Br. The van der Waals surface area contributed by atoms with Gasteiger partial charge in [0.05, 0.1) is 5.60 Å². The van der Waals surface area contributed by atoms with Crippen molar-refractivity contribution in [1.82, 2.24) is 0 Å². The van der Waals surface area contributed by atoms with E-state index < -0.39 is 5.60 Å². The number of aliphatic hydroxyl groups is 1. The number of hydrogen-bond donors (Lipinski definition) is 1. The highest BCUT2D eigenvalue weighted by molar-refractivity contribution is 9.10. The second-order valence-electron chi connectivity index (χ2n) is 5.37. The van der Waals surface area contributed by atoms with Crippen molar-refractivity contribution in [2.45, 2.75) is 58.5 Å². The molecule has 0 aliphatic carbocycles. The largest absolute Gasteiger partial charge is 0.385 e. The summed E-state index contributed by atoms with van der Waals surface area (Å²) < 4.78 is 1.00. The second-order valence-corrected chi connectivity index (χ2v) is 6.23. The van der Waals surface area contributed by atoms with Crippen molar-refractivity contribution in [3.05, 3.63) is 34.3 Å². The first kappa shape index (κ1) is 15.7. The quantitative estimate of drug-likeness (QED) is 0.727. The molecule has 0 aliphatic heterocycles. The van der Waals surface area contributed by atoms with Crippen LogP contribution in [0.1, 0.15) is 58.4 Å². The van der Waals surface area contributed by atoms with Gasteiger partial charge in [-0.25, -0.2) is 0 Å². The predicted molar refractivity (Wildman–Crippen MR) is 81.6 cm³/mol. The van der Waals surface area contributed by atoms with Gasteiger partial charge in [-0.3, -0.25) is 0 Å². The third-order valence-corrected chi connectivity index (χ3v) is 4.38. The highest BCUT2D eigenvalue weighted by Crippen LogP contribution is 2.35. The Hall–Kier alpha value is -0.340. The topological polar surface area (TPSA) is 20.2 Å². The van der Waals surface area contributed by atoms with E-state index in [0.717, 1.165) is 22.9 Å². The van der Waals surface area contributed by atoms with Crippen LogP contribution in [0.4, 0.5) is 0 Å². The van der Waals surface area contributed by atoms with Gasteiger partial charge in [0.2, 0.25) is 0 Å². The normalized spacial score (nSPS) is 16.3. The van der Waals surface area contributed by atoms with Crippen LogP contribution in [0.15, 0.2) is 28.7 Å². The Morgan fingerprint density at radius 1 is 1.28 bits per heavy atom. The maximum Gasteiger partial charge on any atom is 0.0882 e. The zero-order chi connectivity index (χ0) is 13.6. The number of unbranched alkanes of at least 4 members (excludes halogenated alkanes) is 1. The summed E-state index contributed by atoms with van der Waals surface area (Å²) in [5.74, 6) is 0.604. The number of halogens is 1. The summed E-state index contributed by atoms with van der Waals surface area (Å²) >= 11 is 3.54. The van der Waals surface area contributed by atoms with Gasteiger partial charge >= 0.3 is 0 Å². The van der Waals surface area contributed by atoms with Crippen molar-refractivity contribution >= 4 is 15.9 Å². The third kappa shape index (κ3) is 4.40. The van der Waals surface area contributed by atoms with Crippen molar-refractivity contribution < 1.29 is 5.11 Å². The number of hydrogen-bond acceptors (Lipinski definition) is 1. The van der Waals surface area contributed by atoms with Crippen LogP contribution in [-0.4, -0.2) is 5.11 Å². The lowest BCUT2D eigenvalue weighted by Crippen LogP contribution is -2.25. The minimum Gasteiger partial charge on any atom is -0.385 e. The molecule has 0 saturated heterocycles. The van der Waals surface area contributed by atoms with E-state index in [0.29, 0.717) is 5.92 Å². The van der Waals surface area contributed by atoms with E-state index >= 15 is 0 Å². The summed E-state index contributed by atoms with van der Waals surface area (Å²) in [5.41, 5.74) is 0.258. The van der Waals surface area contributed by atoms with Crippen molar-refractivity contribution in [1.29, 1.82) is 0 Å². The lowest BCUT2D eigenvalue weighted by atomic mass is 9.83. The van der Waals surface area contributed by atoms with Gasteiger partial charge in [-0.2, -0.15) is 0 Å². The van der Waals surface area contributed by atoms with E-state index in [-0.39, 0.29) is 0 Å². The molecule has 0 heterocycles. The summed E-state index contributed by atoms with van der Waals surface area (Å²) in [4.78, 5) is 0. The zero-order valence-corrected chi connectivity index (χ0v) is 13.3. The van der Waals surface area contributed by atoms with Gasteiger partial charge in [-0.1, -0.05) is 73.7 Å². The molecule has 0 saturated carbocycles.